The van der Waals surface area contributed by atoms with Crippen LogP contribution in [0, 0.1) is 6.92 Å². The van der Waals surface area contributed by atoms with Gasteiger partial charge in [0.25, 0.3) is 0 Å². The lowest BCUT2D eigenvalue weighted by Crippen LogP contribution is -2.31. The zero-order valence-electron chi connectivity index (χ0n) is 16.0. The van der Waals surface area contributed by atoms with Gasteiger partial charge in [-0.25, -0.2) is 0 Å². The number of ether oxygens (including phenoxy) is 1. The minimum Gasteiger partial charge on any atom is -0.493 e. The molecular formula is C21H29NO3. The summed E-state index contributed by atoms with van der Waals surface area (Å²) in [7, 11) is 0. The maximum Gasteiger partial charge on any atom is 0.246 e. The molecule has 4 nitrogen and oxygen atoms in total. The highest BCUT2D eigenvalue weighted by Crippen LogP contribution is 2.33. The van der Waals surface area contributed by atoms with Gasteiger partial charge in [0.05, 0.1) is 12.9 Å². The molecule has 0 fully saturated rings. The van der Waals surface area contributed by atoms with Gasteiger partial charge in [-0.2, -0.15) is 0 Å². The molecule has 1 aromatic carbocycles. The zero-order chi connectivity index (χ0) is 18.4. The number of fused-ring (bicyclic) bond motifs is 1. The van der Waals surface area contributed by atoms with E-state index < -0.39 is 0 Å². The van der Waals surface area contributed by atoms with Crippen LogP contribution in [0.1, 0.15) is 51.7 Å². The molecule has 0 saturated heterocycles. The number of benzene rings is 1. The maximum absolute atomic E-state index is 12.6. The molecule has 4 heteroatoms. The minimum absolute atomic E-state index is 0.0626. The summed E-state index contributed by atoms with van der Waals surface area (Å²) < 4.78 is 11.4. The van der Waals surface area contributed by atoms with E-state index in [0.717, 1.165) is 59.3 Å². The molecule has 0 aliphatic heterocycles. The molecule has 1 aromatic heterocycles. The Morgan fingerprint density at radius 1 is 1.20 bits per heavy atom. The monoisotopic (exact) mass is 343 g/mol. The lowest BCUT2D eigenvalue weighted by molar-refractivity contribution is -0.126. The van der Waals surface area contributed by atoms with Gasteiger partial charge in [-0.3, -0.25) is 4.79 Å². The molecule has 2 aromatic rings. The molecule has 0 unspecified atom stereocenters. The number of hydrogen-bond donors (Lipinski definition) is 0. The molecule has 1 heterocycles. The van der Waals surface area contributed by atoms with Crippen molar-refractivity contribution >= 4 is 22.4 Å². The van der Waals surface area contributed by atoms with Crippen LogP contribution in [0.4, 0.5) is 0 Å². The van der Waals surface area contributed by atoms with Gasteiger partial charge in [0, 0.05) is 36.2 Å². The highest BCUT2D eigenvalue weighted by Gasteiger charge is 2.15. The minimum atomic E-state index is 0.0626. The fourth-order valence-corrected chi connectivity index (χ4v) is 2.99. The van der Waals surface area contributed by atoms with Gasteiger partial charge < -0.3 is 14.1 Å². The normalized spacial score (nSPS) is 11.8. The van der Waals surface area contributed by atoms with Gasteiger partial charge >= 0.3 is 0 Å². The molecule has 0 saturated carbocycles. The van der Waals surface area contributed by atoms with E-state index in [2.05, 4.69) is 19.9 Å². The molecule has 0 atom stereocenters. The van der Waals surface area contributed by atoms with E-state index in [-0.39, 0.29) is 5.91 Å². The molecule has 136 valence electrons. The fourth-order valence-electron chi connectivity index (χ4n) is 2.99. The van der Waals surface area contributed by atoms with Crippen LogP contribution in [0.25, 0.3) is 16.5 Å². The third-order valence-corrected chi connectivity index (χ3v) is 4.23. The molecule has 2 rings (SSSR count). The summed E-state index contributed by atoms with van der Waals surface area (Å²) in [6.07, 6.45) is 5.40. The first-order valence-corrected chi connectivity index (χ1v) is 9.13. The number of carbonyl (C=O) groups excluding carboxylic acids is 1. The van der Waals surface area contributed by atoms with Gasteiger partial charge in [0.15, 0.2) is 0 Å². The SMILES string of the molecule is CCCN(CCC)C(=O)/C=C(\C)c1cc2c(C)coc2cc1OCC. The van der Waals surface area contributed by atoms with Crippen molar-refractivity contribution in [1.29, 1.82) is 0 Å². The Bertz CT molecular complexity index is 752. The summed E-state index contributed by atoms with van der Waals surface area (Å²) in [5, 5.41) is 1.05. The smallest absolute Gasteiger partial charge is 0.246 e. The van der Waals surface area contributed by atoms with Gasteiger partial charge in [0.2, 0.25) is 5.91 Å². The van der Waals surface area contributed by atoms with Crippen molar-refractivity contribution in [3.63, 3.8) is 0 Å². The Morgan fingerprint density at radius 2 is 1.88 bits per heavy atom. The van der Waals surface area contributed by atoms with Crippen molar-refractivity contribution in [3.05, 3.63) is 35.6 Å². The highest BCUT2D eigenvalue weighted by molar-refractivity contribution is 5.97. The van der Waals surface area contributed by atoms with E-state index in [1.165, 1.54) is 0 Å². The van der Waals surface area contributed by atoms with Crippen molar-refractivity contribution < 1.29 is 13.9 Å². The third kappa shape index (κ3) is 4.44. The van der Waals surface area contributed by atoms with Crippen LogP contribution in [-0.2, 0) is 4.79 Å². The number of amides is 1. The van der Waals surface area contributed by atoms with Crippen LogP contribution in [0.2, 0.25) is 0 Å². The number of aryl methyl sites for hydroxylation is 1. The molecule has 0 spiro atoms. The number of rotatable bonds is 8. The maximum atomic E-state index is 12.6. The van der Waals surface area contributed by atoms with Crippen molar-refractivity contribution in [3.8, 4) is 5.75 Å². The Morgan fingerprint density at radius 3 is 2.48 bits per heavy atom. The fraction of sp³-hybridized carbons (Fsp3) is 0.476. The summed E-state index contributed by atoms with van der Waals surface area (Å²) in [6.45, 7) is 12.3. The van der Waals surface area contributed by atoms with Crippen LogP contribution in [-0.4, -0.2) is 30.5 Å². The summed E-state index contributed by atoms with van der Waals surface area (Å²) in [5.41, 5.74) is 3.74. The summed E-state index contributed by atoms with van der Waals surface area (Å²) in [6, 6.07) is 3.97. The first kappa shape index (κ1) is 19.1. The first-order chi connectivity index (χ1) is 12.0. The van der Waals surface area contributed by atoms with E-state index in [1.807, 2.05) is 31.7 Å². The van der Waals surface area contributed by atoms with Crippen molar-refractivity contribution in [2.24, 2.45) is 0 Å². The number of hydrogen-bond acceptors (Lipinski definition) is 3. The van der Waals surface area contributed by atoms with Crippen molar-refractivity contribution in [2.75, 3.05) is 19.7 Å². The average molecular weight is 343 g/mol. The van der Waals surface area contributed by atoms with Gasteiger partial charge in [0.1, 0.15) is 11.3 Å². The third-order valence-electron chi connectivity index (χ3n) is 4.23. The van der Waals surface area contributed by atoms with Gasteiger partial charge in [-0.15, -0.1) is 0 Å². The van der Waals surface area contributed by atoms with E-state index in [4.69, 9.17) is 9.15 Å². The molecule has 0 aliphatic carbocycles. The van der Waals surface area contributed by atoms with E-state index in [1.54, 1.807) is 12.3 Å². The Hall–Kier alpha value is -2.23. The van der Waals surface area contributed by atoms with E-state index >= 15 is 0 Å². The molecule has 0 radical (unpaired) electrons. The Labute approximate surface area is 150 Å². The molecule has 1 amide bonds. The second kappa shape index (κ2) is 8.75. The highest BCUT2D eigenvalue weighted by atomic mass is 16.5. The lowest BCUT2D eigenvalue weighted by Gasteiger charge is -2.20. The van der Waals surface area contributed by atoms with Crippen LogP contribution in [0.5, 0.6) is 5.75 Å². The largest absolute Gasteiger partial charge is 0.493 e. The molecular weight excluding hydrogens is 314 g/mol. The topological polar surface area (TPSA) is 42.7 Å². The standard InChI is InChI=1S/C21H29NO3/c1-6-9-22(10-7-2)21(23)11-15(4)17-12-18-16(5)14-25-20(18)13-19(17)24-8-3/h11-14H,6-10H2,1-5H3/b15-11+. The second-order valence-electron chi connectivity index (χ2n) is 6.35. The molecule has 0 aliphatic rings. The predicted octanol–water partition coefficient (Wildman–Crippen LogP) is 5.19. The van der Waals surface area contributed by atoms with Crippen LogP contribution in [0.3, 0.4) is 0 Å². The van der Waals surface area contributed by atoms with Gasteiger partial charge in [-0.05, 0) is 50.8 Å². The second-order valence-corrected chi connectivity index (χ2v) is 6.35. The molecule has 0 N–H and O–H groups in total. The summed E-state index contributed by atoms with van der Waals surface area (Å²) >= 11 is 0. The van der Waals surface area contributed by atoms with Crippen LogP contribution in [0.15, 0.2) is 28.9 Å². The average Bonchev–Trinajstić information content (AvgIpc) is 2.94. The van der Waals surface area contributed by atoms with E-state index in [9.17, 15) is 4.79 Å². The Kier molecular flexibility index (Phi) is 6.68. The predicted molar refractivity (Wildman–Crippen MR) is 103 cm³/mol. The number of nitrogens with zero attached hydrogens (tertiary/aromatic N) is 1. The van der Waals surface area contributed by atoms with Crippen molar-refractivity contribution in [2.45, 2.75) is 47.5 Å². The molecule has 25 heavy (non-hydrogen) atoms. The van der Waals surface area contributed by atoms with Crippen LogP contribution < -0.4 is 4.74 Å². The first-order valence-electron chi connectivity index (χ1n) is 9.13. The van der Waals surface area contributed by atoms with Crippen molar-refractivity contribution in [1.82, 2.24) is 4.90 Å². The lowest BCUT2D eigenvalue weighted by atomic mass is 10.0. The molecule has 0 bridgehead atoms. The zero-order valence-corrected chi connectivity index (χ0v) is 16.0. The summed E-state index contributed by atoms with van der Waals surface area (Å²) in [5.74, 6) is 0.816. The van der Waals surface area contributed by atoms with Crippen LogP contribution >= 0.6 is 0 Å². The summed E-state index contributed by atoms with van der Waals surface area (Å²) in [4.78, 5) is 14.6. The van der Waals surface area contributed by atoms with Gasteiger partial charge in [-0.1, -0.05) is 13.8 Å². The van der Waals surface area contributed by atoms with E-state index in [0.29, 0.717) is 6.61 Å². The Balaban J connectivity index is 2.41. The number of allylic oxidation sites excluding steroid dienone is 1. The quantitative estimate of drug-likeness (QED) is 0.619. The number of carbonyl (C=O) groups is 1. The number of furan rings is 1.